The number of carbonyl (C=O) groups is 2. The van der Waals surface area contributed by atoms with E-state index in [9.17, 15) is 9.59 Å². The van der Waals surface area contributed by atoms with E-state index in [4.69, 9.17) is 0 Å². The molecule has 160 valence electrons. The van der Waals surface area contributed by atoms with Crippen LogP contribution in [0.5, 0.6) is 0 Å². The number of fused-ring (bicyclic) bond motifs is 1. The molecule has 4 nitrogen and oxygen atoms in total. The molecule has 0 aliphatic heterocycles. The summed E-state index contributed by atoms with van der Waals surface area (Å²) in [5.74, 6) is 0.127. The molecule has 31 heavy (non-hydrogen) atoms. The van der Waals surface area contributed by atoms with Crippen LogP contribution in [0.25, 0.3) is 0 Å². The fourth-order valence-corrected chi connectivity index (χ4v) is 5.71. The van der Waals surface area contributed by atoms with Crippen molar-refractivity contribution in [3.63, 3.8) is 0 Å². The van der Waals surface area contributed by atoms with Crippen LogP contribution >= 0.6 is 23.1 Å². The summed E-state index contributed by atoms with van der Waals surface area (Å²) >= 11 is 3.07. The Morgan fingerprint density at radius 2 is 1.74 bits per heavy atom. The van der Waals surface area contributed by atoms with Gasteiger partial charge in [0.25, 0.3) is 5.91 Å². The van der Waals surface area contributed by atoms with Crippen molar-refractivity contribution in [2.45, 2.75) is 44.0 Å². The molecule has 2 amide bonds. The second-order valence-corrected chi connectivity index (χ2v) is 9.89. The van der Waals surface area contributed by atoms with E-state index in [1.54, 1.807) is 11.3 Å². The molecule has 2 aromatic carbocycles. The summed E-state index contributed by atoms with van der Waals surface area (Å²) in [6.45, 7) is 2.52. The number of benzene rings is 2. The number of thioether (sulfide) groups is 1. The Kier molecular flexibility index (Phi) is 7.10. The number of hydrogen-bond acceptors (Lipinski definition) is 4. The highest BCUT2D eigenvalue weighted by Gasteiger charge is 2.26. The fourth-order valence-electron chi connectivity index (χ4n) is 3.71. The lowest BCUT2D eigenvalue weighted by Gasteiger charge is -2.13. The standard InChI is InChI=1S/C25H26N2O2S2/c1-17-11-13-19(14-12-17)30-16-22(28)27-25-23(20-9-5-6-10-21(20)31-25)24(29)26-15-18-7-3-2-4-8-18/h2-4,7-8,11-14H,5-6,9-10,15-16H2,1H3,(H,26,29)(H,27,28). The molecule has 3 aromatic rings. The lowest BCUT2D eigenvalue weighted by atomic mass is 9.95. The van der Waals surface area contributed by atoms with Gasteiger partial charge in [0, 0.05) is 16.3 Å². The highest BCUT2D eigenvalue weighted by molar-refractivity contribution is 8.00. The normalized spacial score (nSPS) is 12.8. The van der Waals surface area contributed by atoms with Gasteiger partial charge in [-0.1, -0.05) is 48.0 Å². The van der Waals surface area contributed by atoms with Crippen LogP contribution in [0.2, 0.25) is 0 Å². The van der Waals surface area contributed by atoms with Gasteiger partial charge in [-0.25, -0.2) is 0 Å². The van der Waals surface area contributed by atoms with Gasteiger partial charge < -0.3 is 10.6 Å². The molecule has 0 atom stereocenters. The quantitative estimate of drug-likeness (QED) is 0.461. The van der Waals surface area contributed by atoms with Crippen LogP contribution < -0.4 is 10.6 Å². The maximum Gasteiger partial charge on any atom is 0.254 e. The molecule has 0 saturated carbocycles. The number of amides is 2. The summed E-state index contributed by atoms with van der Waals surface area (Å²) in [4.78, 5) is 28.1. The highest BCUT2D eigenvalue weighted by Crippen LogP contribution is 2.38. The van der Waals surface area contributed by atoms with Crippen molar-refractivity contribution in [3.05, 3.63) is 81.7 Å². The van der Waals surface area contributed by atoms with Crippen molar-refractivity contribution in [2.75, 3.05) is 11.1 Å². The van der Waals surface area contributed by atoms with Crippen molar-refractivity contribution in [2.24, 2.45) is 0 Å². The van der Waals surface area contributed by atoms with Gasteiger partial charge in [0.1, 0.15) is 5.00 Å². The Balaban J connectivity index is 1.46. The lowest BCUT2D eigenvalue weighted by molar-refractivity contribution is -0.113. The smallest absolute Gasteiger partial charge is 0.254 e. The van der Waals surface area contributed by atoms with E-state index in [-0.39, 0.29) is 11.8 Å². The van der Waals surface area contributed by atoms with E-state index in [0.29, 0.717) is 22.9 Å². The van der Waals surface area contributed by atoms with E-state index in [1.165, 1.54) is 22.2 Å². The van der Waals surface area contributed by atoms with Gasteiger partial charge in [0.05, 0.1) is 11.3 Å². The largest absolute Gasteiger partial charge is 0.348 e. The van der Waals surface area contributed by atoms with Crippen LogP contribution in [0, 0.1) is 6.92 Å². The number of anilines is 1. The second kappa shape index (κ2) is 10.2. The van der Waals surface area contributed by atoms with Gasteiger partial charge in [0.2, 0.25) is 5.91 Å². The van der Waals surface area contributed by atoms with Crippen LogP contribution in [-0.2, 0) is 24.2 Å². The summed E-state index contributed by atoms with van der Waals surface area (Å²) in [5.41, 5.74) is 4.02. The minimum absolute atomic E-state index is 0.0821. The van der Waals surface area contributed by atoms with Gasteiger partial charge >= 0.3 is 0 Å². The first-order chi connectivity index (χ1) is 15.1. The third-order valence-corrected chi connectivity index (χ3v) is 7.56. The molecule has 1 aromatic heterocycles. The number of aryl methyl sites for hydroxylation is 2. The third kappa shape index (κ3) is 5.57. The van der Waals surface area contributed by atoms with Crippen molar-refractivity contribution >= 4 is 39.9 Å². The van der Waals surface area contributed by atoms with Crippen molar-refractivity contribution < 1.29 is 9.59 Å². The topological polar surface area (TPSA) is 58.2 Å². The minimum atomic E-state index is -0.107. The fraction of sp³-hybridized carbons (Fsp3) is 0.280. The molecule has 0 spiro atoms. The average Bonchev–Trinajstić information content (AvgIpc) is 3.15. The summed E-state index contributed by atoms with van der Waals surface area (Å²) in [6, 6.07) is 18.0. The van der Waals surface area contributed by atoms with E-state index < -0.39 is 0 Å². The first-order valence-electron chi connectivity index (χ1n) is 10.6. The summed E-state index contributed by atoms with van der Waals surface area (Å²) in [6.07, 6.45) is 4.09. The van der Waals surface area contributed by atoms with Crippen molar-refractivity contribution in [3.8, 4) is 0 Å². The molecule has 4 rings (SSSR count). The maximum absolute atomic E-state index is 13.1. The molecule has 2 N–H and O–H groups in total. The Morgan fingerprint density at radius 3 is 2.52 bits per heavy atom. The summed E-state index contributed by atoms with van der Waals surface area (Å²) in [5, 5.41) is 6.75. The molecule has 0 saturated heterocycles. The Morgan fingerprint density at radius 1 is 1.00 bits per heavy atom. The predicted octanol–water partition coefficient (Wildman–Crippen LogP) is 5.60. The van der Waals surface area contributed by atoms with E-state index >= 15 is 0 Å². The zero-order valence-corrected chi connectivity index (χ0v) is 19.2. The van der Waals surface area contributed by atoms with E-state index in [0.717, 1.165) is 41.7 Å². The van der Waals surface area contributed by atoms with Gasteiger partial charge in [0.15, 0.2) is 0 Å². The van der Waals surface area contributed by atoms with E-state index in [2.05, 4.69) is 10.6 Å². The SMILES string of the molecule is Cc1ccc(SCC(=O)Nc2sc3c(c2C(=O)NCc2ccccc2)CCCC3)cc1. The molecule has 6 heteroatoms. The van der Waals surface area contributed by atoms with Crippen molar-refractivity contribution in [1.82, 2.24) is 5.32 Å². The first-order valence-corrected chi connectivity index (χ1v) is 12.4. The molecular formula is C25H26N2O2S2. The summed E-state index contributed by atoms with van der Waals surface area (Å²) in [7, 11) is 0. The van der Waals surface area contributed by atoms with Crippen LogP contribution in [-0.4, -0.2) is 17.6 Å². The molecule has 1 aliphatic carbocycles. The van der Waals surface area contributed by atoms with Crippen LogP contribution in [0.4, 0.5) is 5.00 Å². The zero-order chi connectivity index (χ0) is 21.6. The second-order valence-electron chi connectivity index (χ2n) is 7.73. The number of rotatable bonds is 7. The number of nitrogens with one attached hydrogen (secondary N) is 2. The number of thiophene rings is 1. The monoisotopic (exact) mass is 450 g/mol. The maximum atomic E-state index is 13.1. The molecular weight excluding hydrogens is 424 g/mol. The Labute approximate surface area is 191 Å². The average molecular weight is 451 g/mol. The van der Waals surface area contributed by atoms with Gasteiger partial charge in [-0.3, -0.25) is 9.59 Å². The van der Waals surface area contributed by atoms with E-state index in [1.807, 2.05) is 61.5 Å². The Hall–Kier alpha value is -2.57. The van der Waals surface area contributed by atoms with Crippen LogP contribution in [0.1, 0.15) is 44.8 Å². The molecule has 0 radical (unpaired) electrons. The van der Waals surface area contributed by atoms with Gasteiger partial charge in [-0.05, 0) is 55.9 Å². The number of carbonyl (C=O) groups excluding carboxylic acids is 2. The van der Waals surface area contributed by atoms with Gasteiger partial charge in [-0.15, -0.1) is 23.1 Å². The highest BCUT2D eigenvalue weighted by atomic mass is 32.2. The third-order valence-electron chi connectivity index (χ3n) is 5.34. The van der Waals surface area contributed by atoms with Crippen LogP contribution in [0.3, 0.4) is 0 Å². The molecule has 0 bridgehead atoms. The van der Waals surface area contributed by atoms with Crippen LogP contribution in [0.15, 0.2) is 59.5 Å². The minimum Gasteiger partial charge on any atom is -0.348 e. The Bertz CT molecular complexity index is 1060. The lowest BCUT2D eigenvalue weighted by Crippen LogP contribution is -2.25. The zero-order valence-electron chi connectivity index (χ0n) is 17.6. The molecule has 1 aliphatic rings. The van der Waals surface area contributed by atoms with Gasteiger partial charge in [-0.2, -0.15) is 0 Å². The molecule has 0 fully saturated rings. The molecule has 1 heterocycles. The number of hydrogen-bond donors (Lipinski definition) is 2. The molecule has 0 unspecified atom stereocenters. The van der Waals surface area contributed by atoms with Crippen molar-refractivity contribution in [1.29, 1.82) is 0 Å². The predicted molar refractivity (Wildman–Crippen MR) is 129 cm³/mol. The first kappa shape index (κ1) is 21.7. The summed E-state index contributed by atoms with van der Waals surface area (Å²) < 4.78 is 0.